The second-order valence-electron chi connectivity index (χ2n) is 6.06. The van der Waals surface area contributed by atoms with Crippen molar-refractivity contribution in [3.05, 3.63) is 47.5 Å². The minimum atomic E-state index is -0.985. The topological polar surface area (TPSA) is 95.1 Å². The Labute approximate surface area is 144 Å². The fourth-order valence-electron chi connectivity index (χ4n) is 2.56. The number of carbonyl (C=O) groups is 2. The number of aryl methyl sites for hydroxylation is 2. The zero-order chi connectivity index (χ0) is 18.0. The summed E-state index contributed by atoms with van der Waals surface area (Å²) in [6.45, 7) is 4.13. The van der Waals surface area contributed by atoms with Crippen LogP contribution in [0, 0.1) is 13.8 Å². The summed E-state index contributed by atoms with van der Waals surface area (Å²) in [5, 5.41) is 11.3. The molecule has 0 aliphatic rings. The van der Waals surface area contributed by atoms with E-state index >= 15 is 0 Å². The van der Waals surface area contributed by atoms with Crippen molar-refractivity contribution in [1.82, 2.24) is 9.97 Å². The quantitative estimate of drug-likeness (QED) is 0.662. The summed E-state index contributed by atoms with van der Waals surface area (Å²) in [5.41, 5.74) is 5.86. The zero-order valence-electron chi connectivity index (χ0n) is 14.1. The molecular weight excluding hydrogens is 318 g/mol. The lowest BCUT2D eigenvalue weighted by molar-refractivity contribution is -0.138. The summed E-state index contributed by atoms with van der Waals surface area (Å²) in [4.78, 5) is 30.1. The van der Waals surface area contributed by atoms with Gasteiger partial charge < -0.3 is 15.4 Å². The molecule has 0 aliphatic carbocycles. The third kappa shape index (κ3) is 3.85. The molecule has 25 heavy (non-hydrogen) atoms. The van der Waals surface area contributed by atoms with Gasteiger partial charge in [-0.1, -0.05) is 0 Å². The number of imidazole rings is 1. The van der Waals surface area contributed by atoms with Crippen molar-refractivity contribution in [1.29, 1.82) is 0 Å². The minimum absolute atomic E-state index is 0.0423. The fourth-order valence-corrected chi connectivity index (χ4v) is 2.56. The van der Waals surface area contributed by atoms with Crippen LogP contribution in [0.15, 0.2) is 36.4 Å². The van der Waals surface area contributed by atoms with Crippen LogP contribution in [-0.4, -0.2) is 27.0 Å². The lowest BCUT2D eigenvalue weighted by Gasteiger charge is -2.05. The van der Waals surface area contributed by atoms with E-state index < -0.39 is 5.97 Å². The van der Waals surface area contributed by atoms with Gasteiger partial charge in [0.1, 0.15) is 5.82 Å². The monoisotopic (exact) mass is 337 g/mol. The maximum Gasteiger partial charge on any atom is 0.303 e. The van der Waals surface area contributed by atoms with Gasteiger partial charge in [0, 0.05) is 17.7 Å². The van der Waals surface area contributed by atoms with Crippen LogP contribution in [0.2, 0.25) is 0 Å². The van der Waals surface area contributed by atoms with E-state index in [9.17, 15) is 9.59 Å². The Morgan fingerprint density at radius 2 is 1.76 bits per heavy atom. The Balaban J connectivity index is 1.76. The Bertz CT molecular complexity index is 903. The van der Waals surface area contributed by atoms with Gasteiger partial charge in [0.15, 0.2) is 0 Å². The predicted octanol–water partition coefficient (Wildman–Crippen LogP) is 3.65. The van der Waals surface area contributed by atoms with Gasteiger partial charge in [-0.25, -0.2) is 4.98 Å². The lowest BCUT2D eigenvalue weighted by atomic mass is 10.1. The van der Waals surface area contributed by atoms with Gasteiger partial charge in [0.25, 0.3) is 0 Å². The molecule has 3 aromatic rings. The number of carboxylic acid groups (broad SMARTS) is 1. The third-order valence-corrected chi connectivity index (χ3v) is 4.11. The summed E-state index contributed by atoms with van der Waals surface area (Å²) >= 11 is 0. The molecule has 0 fully saturated rings. The van der Waals surface area contributed by atoms with Crippen molar-refractivity contribution in [3.8, 4) is 11.4 Å². The number of amides is 1. The van der Waals surface area contributed by atoms with Gasteiger partial charge in [-0.15, -0.1) is 0 Å². The molecule has 0 atom stereocenters. The van der Waals surface area contributed by atoms with E-state index in [1.54, 1.807) is 12.1 Å². The molecule has 0 aliphatic heterocycles. The largest absolute Gasteiger partial charge is 0.481 e. The molecule has 1 heterocycles. The van der Waals surface area contributed by atoms with E-state index in [1.807, 2.05) is 12.1 Å². The highest BCUT2D eigenvalue weighted by Crippen LogP contribution is 2.24. The first kappa shape index (κ1) is 16.7. The predicted molar refractivity (Wildman–Crippen MR) is 96.5 cm³/mol. The van der Waals surface area contributed by atoms with Crippen LogP contribution in [0.25, 0.3) is 22.4 Å². The van der Waals surface area contributed by atoms with Crippen LogP contribution in [-0.2, 0) is 9.59 Å². The number of anilines is 1. The van der Waals surface area contributed by atoms with Crippen molar-refractivity contribution >= 4 is 28.6 Å². The first-order valence-corrected chi connectivity index (χ1v) is 8.01. The molecule has 1 aromatic heterocycles. The van der Waals surface area contributed by atoms with Crippen LogP contribution < -0.4 is 5.32 Å². The third-order valence-electron chi connectivity index (χ3n) is 4.11. The van der Waals surface area contributed by atoms with E-state index in [2.05, 4.69) is 41.3 Å². The van der Waals surface area contributed by atoms with E-state index in [0.29, 0.717) is 5.69 Å². The van der Waals surface area contributed by atoms with Crippen molar-refractivity contribution in [3.63, 3.8) is 0 Å². The van der Waals surface area contributed by atoms with Crippen LogP contribution in [0.1, 0.15) is 24.0 Å². The molecule has 0 saturated heterocycles. The normalized spacial score (nSPS) is 10.8. The maximum absolute atomic E-state index is 11.7. The highest BCUT2D eigenvalue weighted by atomic mass is 16.4. The number of nitrogens with zero attached hydrogens (tertiary/aromatic N) is 1. The molecule has 3 rings (SSSR count). The molecule has 0 unspecified atom stereocenters. The molecule has 1 amide bonds. The van der Waals surface area contributed by atoms with Gasteiger partial charge >= 0.3 is 5.97 Å². The van der Waals surface area contributed by atoms with Crippen molar-refractivity contribution in [2.45, 2.75) is 26.7 Å². The number of H-pyrrole nitrogens is 1. The number of nitrogens with one attached hydrogen (secondary N) is 2. The number of carbonyl (C=O) groups excluding carboxylic acids is 1. The molecule has 0 saturated carbocycles. The standard InChI is InChI=1S/C19H19N3O3/c1-11-9-15-16(10-12(11)2)22-19(21-15)13-3-5-14(6-4-13)20-17(23)7-8-18(24)25/h3-6,9-10H,7-8H2,1-2H3,(H,20,23)(H,21,22)(H,24,25). The second-order valence-corrected chi connectivity index (χ2v) is 6.06. The van der Waals surface area contributed by atoms with Crippen LogP contribution in [0.4, 0.5) is 5.69 Å². The van der Waals surface area contributed by atoms with Crippen LogP contribution >= 0.6 is 0 Å². The summed E-state index contributed by atoms with van der Waals surface area (Å²) < 4.78 is 0. The molecule has 6 heteroatoms. The number of aliphatic carboxylic acids is 1. The number of hydrogen-bond acceptors (Lipinski definition) is 3. The Kier molecular flexibility index (Phi) is 4.52. The molecular formula is C19H19N3O3. The smallest absolute Gasteiger partial charge is 0.303 e. The molecule has 0 radical (unpaired) electrons. The summed E-state index contributed by atoms with van der Waals surface area (Å²) in [6.07, 6.45) is -0.221. The second kappa shape index (κ2) is 6.76. The average Bonchev–Trinajstić information content (AvgIpc) is 2.97. The van der Waals surface area contributed by atoms with Gasteiger partial charge in [-0.05, 0) is 61.4 Å². The number of rotatable bonds is 5. The van der Waals surface area contributed by atoms with Gasteiger partial charge in [0.05, 0.1) is 17.5 Å². The molecule has 0 spiro atoms. The highest BCUT2D eigenvalue weighted by Gasteiger charge is 2.09. The van der Waals surface area contributed by atoms with Crippen molar-refractivity contribution in [2.24, 2.45) is 0 Å². The first-order valence-electron chi connectivity index (χ1n) is 8.01. The van der Waals surface area contributed by atoms with Crippen LogP contribution in [0.3, 0.4) is 0 Å². The summed E-state index contributed by atoms with van der Waals surface area (Å²) in [7, 11) is 0. The maximum atomic E-state index is 11.7. The SMILES string of the molecule is Cc1cc2nc(-c3ccc(NC(=O)CCC(=O)O)cc3)[nH]c2cc1C. The van der Waals surface area contributed by atoms with E-state index in [4.69, 9.17) is 5.11 Å². The lowest BCUT2D eigenvalue weighted by Crippen LogP contribution is -2.13. The minimum Gasteiger partial charge on any atom is -0.481 e. The zero-order valence-corrected chi connectivity index (χ0v) is 14.1. The van der Waals surface area contributed by atoms with Gasteiger partial charge in [0.2, 0.25) is 5.91 Å². The Morgan fingerprint density at radius 3 is 2.44 bits per heavy atom. The van der Waals surface area contributed by atoms with Gasteiger partial charge in [-0.2, -0.15) is 0 Å². The first-order chi connectivity index (χ1) is 11.9. The number of aromatic nitrogens is 2. The molecule has 0 bridgehead atoms. The van der Waals surface area contributed by atoms with Gasteiger partial charge in [-0.3, -0.25) is 9.59 Å². The molecule has 128 valence electrons. The number of benzene rings is 2. The summed E-state index contributed by atoms with van der Waals surface area (Å²) in [6, 6.07) is 11.4. The van der Waals surface area contributed by atoms with E-state index in [0.717, 1.165) is 22.4 Å². The van der Waals surface area contributed by atoms with Crippen molar-refractivity contribution in [2.75, 3.05) is 5.32 Å². The number of fused-ring (bicyclic) bond motifs is 1. The molecule has 6 nitrogen and oxygen atoms in total. The summed E-state index contributed by atoms with van der Waals surface area (Å²) in [5.74, 6) is -0.533. The molecule has 3 N–H and O–H groups in total. The number of aromatic amines is 1. The average molecular weight is 337 g/mol. The van der Waals surface area contributed by atoms with Crippen LogP contribution in [0.5, 0.6) is 0 Å². The van der Waals surface area contributed by atoms with E-state index in [-0.39, 0.29) is 18.7 Å². The Hall–Kier alpha value is -3.15. The molecule has 2 aromatic carbocycles. The number of carboxylic acids is 1. The Morgan fingerprint density at radius 1 is 1.08 bits per heavy atom. The van der Waals surface area contributed by atoms with E-state index in [1.165, 1.54) is 11.1 Å². The number of hydrogen-bond donors (Lipinski definition) is 3. The highest BCUT2D eigenvalue weighted by molar-refractivity contribution is 5.92. The fraction of sp³-hybridized carbons (Fsp3) is 0.211. The van der Waals surface area contributed by atoms with Crippen molar-refractivity contribution < 1.29 is 14.7 Å².